The van der Waals surface area contributed by atoms with Gasteiger partial charge >= 0.3 is 12.1 Å². The highest BCUT2D eigenvalue weighted by Crippen LogP contribution is 2.34. The molecule has 0 aliphatic heterocycles. The van der Waals surface area contributed by atoms with Gasteiger partial charge in [-0.1, -0.05) is 23.7 Å². The summed E-state index contributed by atoms with van der Waals surface area (Å²) in [6, 6.07) is 9.32. The third-order valence-electron chi connectivity index (χ3n) is 6.09. The Bertz CT molecular complexity index is 1940. The number of alkyl halides is 3. The van der Waals surface area contributed by atoms with Crippen molar-refractivity contribution in [3.8, 4) is 11.3 Å². The molecule has 0 aliphatic rings. The molecule has 1 atom stereocenters. The van der Waals surface area contributed by atoms with Crippen LogP contribution in [-0.2, 0) is 14.8 Å². The number of aromatic nitrogens is 5. The minimum Gasteiger partial charge on any atom is -0.475 e. The van der Waals surface area contributed by atoms with Gasteiger partial charge in [0.25, 0.3) is 5.91 Å². The first-order valence-corrected chi connectivity index (χ1v) is 13.9. The number of carboxylic acids is 1. The summed E-state index contributed by atoms with van der Waals surface area (Å²) in [7, 11) is -2.24. The first-order chi connectivity index (χ1) is 20.2. The van der Waals surface area contributed by atoms with Crippen molar-refractivity contribution in [1.82, 2.24) is 34.0 Å². The molecule has 1 unspecified atom stereocenters. The number of rotatable bonds is 6. The number of imidazole rings is 1. The zero-order valence-corrected chi connectivity index (χ0v) is 23.7. The summed E-state index contributed by atoms with van der Waals surface area (Å²) < 4.78 is 61.6. The number of nitrogens with two attached hydrogens (primary N) is 1. The predicted molar refractivity (Wildman–Crippen MR) is 149 cm³/mol. The summed E-state index contributed by atoms with van der Waals surface area (Å²) in [6.45, 7) is 1.81. The Morgan fingerprint density at radius 3 is 2.44 bits per heavy atom. The average Bonchev–Trinajstić information content (AvgIpc) is 3.57. The highest BCUT2D eigenvalue weighted by Gasteiger charge is 2.38. The van der Waals surface area contributed by atoms with E-state index in [0.29, 0.717) is 33.0 Å². The molecule has 0 aliphatic carbocycles. The Morgan fingerprint density at radius 1 is 1.19 bits per heavy atom. The largest absolute Gasteiger partial charge is 0.490 e. The van der Waals surface area contributed by atoms with Crippen LogP contribution in [0, 0.1) is 0 Å². The van der Waals surface area contributed by atoms with Crippen LogP contribution in [0.25, 0.3) is 22.4 Å². The number of carboxylic acid groups (broad SMARTS) is 1. The molecule has 0 bridgehead atoms. The van der Waals surface area contributed by atoms with Crippen molar-refractivity contribution in [2.24, 2.45) is 0 Å². The molecule has 0 fully saturated rings. The van der Waals surface area contributed by atoms with Crippen LogP contribution >= 0.6 is 11.6 Å². The molecule has 4 heterocycles. The SMILES string of the molecule is CNS(=O)(=O)c1ccc(-c2c(C(C)NC(=O)c3c(N)nn4cccnc34)cc(Cl)c3cncn23)cc1.O=C(O)C(F)(F)F. The van der Waals surface area contributed by atoms with Gasteiger partial charge in [0.2, 0.25) is 10.0 Å². The molecule has 0 radical (unpaired) electrons. The van der Waals surface area contributed by atoms with E-state index in [1.165, 1.54) is 23.7 Å². The van der Waals surface area contributed by atoms with Crippen LogP contribution in [0.3, 0.4) is 0 Å². The molecule has 13 nitrogen and oxygen atoms in total. The van der Waals surface area contributed by atoms with E-state index in [-0.39, 0.29) is 16.3 Å². The lowest BCUT2D eigenvalue weighted by Gasteiger charge is -2.20. The number of amides is 1. The molecule has 5 rings (SSSR count). The zero-order chi connectivity index (χ0) is 31.7. The highest BCUT2D eigenvalue weighted by molar-refractivity contribution is 7.89. The zero-order valence-electron chi connectivity index (χ0n) is 22.2. The van der Waals surface area contributed by atoms with Crippen molar-refractivity contribution in [3.63, 3.8) is 0 Å². The smallest absolute Gasteiger partial charge is 0.475 e. The number of nitrogens with zero attached hydrogens (tertiary/aromatic N) is 5. The summed E-state index contributed by atoms with van der Waals surface area (Å²) in [4.78, 5) is 30.7. The number of pyridine rings is 1. The number of anilines is 1. The van der Waals surface area contributed by atoms with Crippen LogP contribution in [-0.4, -0.2) is 62.6 Å². The second-order valence-electron chi connectivity index (χ2n) is 8.82. The molecule has 0 saturated heterocycles. The van der Waals surface area contributed by atoms with E-state index in [9.17, 15) is 26.4 Å². The summed E-state index contributed by atoms with van der Waals surface area (Å²) in [5, 5.41) is 14.7. The van der Waals surface area contributed by atoms with Gasteiger partial charge in [0.05, 0.1) is 39.7 Å². The van der Waals surface area contributed by atoms with Crippen LogP contribution in [0.4, 0.5) is 19.0 Å². The molecule has 1 amide bonds. The van der Waals surface area contributed by atoms with E-state index in [1.807, 2.05) is 6.92 Å². The molecule has 18 heteroatoms. The molecule has 43 heavy (non-hydrogen) atoms. The number of nitrogen functional groups attached to an aromatic ring is 1. The van der Waals surface area contributed by atoms with Crippen molar-refractivity contribution in [3.05, 3.63) is 77.5 Å². The molecule has 0 spiro atoms. The van der Waals surface area contributed by atoms with Gasteiger partial charge in [-0.15, -0.1) is 5.10 Å². The number of halogens is 4. The maximum absolute atomic E-state index is 13.2. The van der Waals surface area contributed by atoms with Gasteiger partial charge in [-0.2, -0.15) is 13.2 Å². The van der Waals surface area contributed by atoms with E-state index >= 15 is 0 Å². The fourth-order valence-corrected chi connectivity index (χ4v) is 5.07. The predicted octanol–water partition coefficient (Wildman–Crippen LogP) is 3.31. The fraction of sp³-hybridized carbons (Fsp3) is 0.160. The van der Waals surface area contributed by atoms with Crippen LogP contribution < -0.4 is 15.8 Å². The molecular formula is C25H22ClF3N8O5S. The number of carbonyl (C=O) groups excluding carboxylic acids is 1. The molecule has 1 aromatic carbocycles. The minimum atomic E-state index is -5.08. The molecule has 226 valence electrons. The summed E-state index contributed by atoms with van der Waals surface area (Å²) >= 11 is 6.55. The minimum absolute atomic E-state index is 0.0584. The highest BCUT2D eigenvalue weighted by atomic mass is 35.5. The van der Waals surface area contributed by atoms with Gasteiger partial charge in [0.1, 0.15) is 5.56 Å². The van der Waals surface area contributed by atoms with Gasteiger partial charge in [-0.05, 0) is 43.8 Å². The number of benzene rings is 1. The molecular weight excluding hydrogens is 617 g/mol. The first-order valence-electron chi connectivity index (χ1n) is 12.0. The number of hydrogen-bond acceptors (Lipinski definition) is 8. The van der Waals surface area contributed by atoms with Crippen LogP contribution in [0.1, 0.15) is 28.9 Å². The number of carbonyl (C=O) groups is 2. The van der Waals surface area contributed by atoms with Gasteiger partial charge < -0.3 is 16.2 Å². The lowest BCUT2D eigenvalue weighted by molar-refractivity contribution is -0.192. The van der Waals surface area contributed by atoms with E-state index in [0.717, 1.165) is 0 Å². The number of aliphatic carboxylic acids is 1. The Labute approximate surface area is 246 Å². The van der Waals surface area contributed by atoms with E-state index in [1.54, 1.807) is 53.6 Å². The monoisotopic (exact) mass is 638 g/mol. The topological polar surface area (TPSA) is 186 Å². The quantitative estimate of drug-likeness (QED) is 0.216. The lowest BCUT2D eigenvalue weighted by atomic mass is 9.99. The Hall–Kier alpha value is -4.74. The molecule has 5 aromatic rings. The van der Waals surface area contributed by atoms with Gasteiger partial charge in [0.15, 0.2) is 11.5 Å². The van der Waals surface area contributed by atoms with Crippen molar-refractivity contribution < 1.29 is 36.3 Å². The van der Waals surface area contributed by atoms with Crippen LogP contribution in [0.5, 0.6) is 0 Å². The summed E-state index contributed by atoms with van der Waals surface area (Å²) in [5.41, 5.74) is 9.27. The Kier molecular flexibility index (Phi) is 8.61. The normalized spacial score (nSPS) is 12.5. The van der Waals surface area contributed by atoms with E-state index < -0.39 is 34.1 Å². The average molecular weight is 639 g/mol. The van der Waals surface area contributed by atoms with Crippen molar-refractivity contribution in [2.75, 3.05) is 12.8 Å². The lowest BCUT2D eigenvalue weighted by Crippen LogP contribution is -2.28. The maximum atomic E-state index is 13.2. The van der Waals surface area contributed by atoms with Crippen LogP contribution in [0.15, 0.2) is 66.2 Å². The second-order valence-corrected chi connectivity index (χ2v) is 11.1. The number of fused-ring (bicyclic) bond motifs is 2. The first kappa shape index (κ1) is 31.2. The Balaban J connectivity index is 0.000000541. The Morgan fingerprint density at radius 2 is 1.84 bits per heavy atom. The molecule has 5 N–H and O–H groups in total. The summed E-state index contributed by atoms with van der Waals surface area (Å²) in [5.74, 6) is -3.15. The number of nitrogens with one attached hydrogen (secondary N) is 2. The fourth-order valence-electron chi connectivity index (χ4n) is 4.08. The second kappa shape index (κ2) is 11.9. The van der Waals surface area contributed by atoms with Crippen LogP contribution in [0.2, 0.25) is 5.02 Å². The molecule has 0 saturated carbocycles. The number of hydrogen-bond donors (Lipinski definition) is 4. The summed E-state index contributed by atoms with van der Waals surface area (Å²) in [6.07, 6.45) is 1.37. The van der Waals surface area contributed by atoms with E-state index in [4.69, 9.17) is 27.2 Å². The van der Waals surface area contributed by atoms with Gasteiger partial charge in [-0.3, -0.25) is 9.20 Å². The molecule has 4 aromatic heterocycles. The number of sulfonamides is 1. The standard InChI is InChI=1S/C23H21ClN8O3S.C2HF3O2/c1-13(29-23(33)19-21(25)30-32-9-3-8-28-22(19)32)16-10-17(24)18-11-27-12-31(18)20(16)14-4-6-15(7-5-14)36(34,35)26-2;3-2(4,5)1(6)7/h3-13,26H,1-2H3,(H2,25,30)(H,29,33);(H,6,7). The maximum Gasteiger partial charge on any atom is 0.490 e. The van der Waals surface area contributed by atoms with Crippen molar-refractivity contribution in [1.29, 1.82) is 0 Å². The van der Waals surface area contributed by atoms with Gasteiger partial charge in [-0.25, -0.2) is 32.4 Å². The van der Waals surface area contributed by atoms with Crippen molar-refractivity contribution >= 4 is 50.5 Å². The third-order valence-corrected chi connectivity index (χ3v) is 7.83. The third kappa shape index (κ3) is 6.37. The van der Waals surface area contributed by atoms with Gasteiger partial charge in [0, 0.05) is 18.0 Å². The van der Waals surface area contributed by atoms with Crippen molar-refractivity contribution in [2.45, 2.75) is 24.0 Å². The van der Waals surface area contributed by atoms with E-state index in [2.05, 4.69) is 25.1 Å².